The molecule has 1 aromatic heterocycles. The summed E-state index contributed by atoms with van der Waals surface area (Å²) < 4.78 is 0. The third-order valence-electron chi connectivity index (χ3n) is 3.09. The van der Waals surface area contributed by atoms with E-state index in [9.17, 15) is 4.79 Å². The van der Waals surface area contributed by atoms with Gasteiger partial charge >= 0.3 is 0 Å². The topological polar surface area (TPSA) is 68.0 Å². The van der Waals surface area contributed by atoms with Crippen molar-refractivity contribution in [1.29, 1.82) is 0 Å². The number of nitrogens with two attached hydrogens (primary N) is 1. The number of aryl methyl sites for hydroxylation is 2. The molecule has 0 aliphatic carbocycles. The van der Waals surface area contributed by atoms with Gasteiger partial charge in [0.2, 0.25) is 0 Å². The van der Waals surface area contributed by atoms with E-state index in [1.54, 1.807) is 24.3 Å². The van der Waals surface area contributed by atoms with Crippen LogP contribution in [0.25, 0.3) is 0 Å². The first-order valence-corrected chi connectivity index (χ1v) is 8.03. The molecule has 0 aliphatic heterocycles. The van der Waals surface area contributed by atoms with Crippen molar-refractivity contribution in [3.8, 4) is 0 Å². The Morgan fingerprint density at radius 2 is 2.14 bits per heavy atom. The molecule has 2 aromatic rings. The number of carbonyl (C=O) groups is 1. The van der Waals surface area contributed by atoms with Crippen molar-refractivity contribution in [2.45, 2.75) is 26.2 Å². The molecule has 1 aromatic carbocycles. The molecular formula is C15H18ClN3OS. The number of nitrogens with one attached hydrogen (secondary N) is 1. The number of hydrogen-bond donors (Lipinski definition) is 2. The molecule has 2 rings (SSSR count). The van der Waals surface area contributed by atoms with E-state index >= 15 is 0 Å². The lowest BCUT2D eigenvalue weighted by molar-refractivity contribution is 0.102. The van der Waals surface area contributed by atoms with Gasteiger partial charge in [-0.15, -0.1) is 11.3 Å². The molecule has 0 saturated heterocycles. The molecule has 0 saturated carbocycles. The lowest BCUT2D eigenvalue weighted by atomic mass is 10.2. The molecule has 1 heterocycles. The van der Waals surface area contributed by atoms with E-state index in [-0.39, 0.29) is 5.91 Å². The lowest BCUT2D eigenvalue weighted by Crippen LogP contribution is -2.12. The zero-order valence-electron chi connectivity index (χ0n) is 11.9. The number of rotatable bonds is 6. The van der Waals surface area contributed by atoms with Crippen LogP contribution in [0, 0.1) is 6.92 Å². The van der Waals surface area contributed by atoms with Gasteiger partial charge in [0.05, 0.1) is 16.3 Å². The first-order valence-electron chi connectivity index (χ1n) is 6.84. The summed E-state index contributed by atoms with van der Waals surface area (Å²) in [5.41, 5.74) is 6.92. The van der Waals surface area contributed by atoms with Gasteiger partial charge in [-0.25, -0.2) is 4.98 Å². The SMILES string of the molecule is Cc1nc(NC(=O)c2ccccc2Cl)sc1CCCCN. The van der Waals surface area contributed by atoms with Crippen molar-refractivity contribution in [1.82, 2.24) is 4.98 Å². The fourth-order valence-electron chi connectivity index (χ4n) is 1.95. The van der Waals surface area contributed by atoms with E-state index in [0.717, 1.165) is 25.0 Å². The van der Waals surface area contributed by atoms with Gasteiger partial charge in [0.1, 0.15) is 0 Å². The van der Waals surface area contributed by atoms with Crippen LogP contribution in [-0.2, 0) is 6.42 Å². The predicted molar refractivity (Wildman–Crippen MR) is 88.2 cm³/mol. The van der Waals surface area contributed by atoms with Crippen LogP contribution in [0.2, 0.25) is 5.02 Å². The average Bonchev–Trinajstić information content (AvgIpc) is 2.79. The fraction of sp³-hybridized carbons (Fsp3) is 0.333. The van der Waals surface area contributed by atoms with Gasteiger partial charge in [0.25, 0.3) is 5.91 Å². The maximum Gasteiger partial charge on any atom is 0.258 e. The minimum absolute atomic E-state index is 0.233. The molecular weight excluding hydrogens is 306 g/mol. The van der Waals surface area contributed by atoms with Crippen LogP contribution in [0.3, 0.4) is 0 Å². The largest absolute Gasteiger partial charge is 0.330 e. The van der Waals surface area contributed by atoms with Gasteiger partial charge in [-0.3, -0.25) is 10.1 Å². The lowest BCUT2D eigenvalue weighted by Gasteiger charge is -2.03. The quantitative estimate of drug-likeness (QED) is 0.797. The molecule has 0 aliphatic rings. The third kappa shape index (κ3) is 4.27. The standard InChI is InChI=1S/C15H18ClN3OS/c1-10-13(8-4-5-9-17)21-15(18-10)19-14(20)11-6-2-3-7-12(11)16/h2-3,6-7H,4-5,8-9,17H2,1H3,(H,18,19,20). The van der Waals surface area contributed by atoms with Crippen LogP contribution in [-0.4, -0.2) is 17.4 Å². The molecule has 1 amide bonds. The number of hydrogen-bond acceptors (Lipinski definition) is 4. The Bertz CT molecular complexity index is 627. The highest BCUT2D eigenvalue weighted by molar-refractivity contribution is 7.15. The van der Waals surface area contributed by atoms with E-state index in [0.29, 0.717) is 22.3 Å². The number of halogens is 1. The summed E-state index contributed by atoms with van der Waals surface area (Å²) >= 11 is 7.53. The Morgan fingerprint density at radius 1 is 1.38 bits per heavy atom. The average molecular weight is 324 g/mol. The van der Waals surface area contributed by atoms with Crippen LogP contribution in [0.4, 0.5) is 5.13 Å². The van der Waals surface area contributed by atoms with Gasteiger partial charge in [0, 0.05) is 4.88 Å². The number of aromatic nitrogens is 1. The second-order valence-electron chi connectivity index (χ2n) is 4.71. The van der Waals surface area contributed by atoms with Crippen LogP contribution >= 0.6 is 22.9 Å². The highest BCUT2D eigenvalue weighted by Crippen LogP contribution is 2.25. The number of anilines is 1. The molecule has 112 valence electrons. The van der Waals surface area contributed by atoms with Crippen LogP contribution < -0.4 is 11.1 Å². The highest BCUT2D eigenvalue weighted by Gasteiger charge is 2.13. The number of benzene rings is 1. The summed E-state index contributed by atoms with van der Waals surface area (Å²) in [5, 5.41) is 3.86. The number of unbranched alkanes of at least 4 members (excludes halogenated alkanes) is 1. The van der Waals surface area contributed by atoms with E-state index in [4.69, 9.17) is 17.3 Å². The minimum atomic E-state index is -0.233. The molecule has 0 bridgehead atoms. The number of nitrogens with zero attached hydrogens (tertiary/aromatic N) is 1. The molecule has 0 atom stereocenters. The minimum Gasteiger partial charge on any atom is -0.330 e. The van der Waals surface area contributed by atoms with Gasteiger partial charge in [-0.1, -0.05) is 23.7 Å². The normalized spacial score (nSPS) is 10.6. The summed E-state index contributed by atoms with van der Waals surface area (Å²) in [5.74, 6) is -0.233. The zero-order valence-corrected chi connectivity index (χ0v) is 13.4. The van der Waals surface area contributed by atoms with Crippen LogP contribution in [0.15, 0.2) is 24.3 Å². The Kier molecular flexibility index (Phi) is 5.73. The van der Waals surface area contributed by atoms with Crippen LogP contribution in [0.5, 0.6) is 0 Å². The first-order chi connectivity index (χ1) is 10.1. The summed E-state index contributed by atoms with van der Waals surface area (Å²) in [7, 11) is 0. The summed E-state index contributed by atoms with van der Waals surface area (Å²) in [6.07, 6.45) is 2.98. The molecule has 6 heteroatoms. The second kappa shape index (κ2) is 7.54. The van der Waals surface area contributed by atoms with Crippen molar-refractivity contribution in [3.63, 3.8) is 0 Å². The van der Waals surface area contributed by atoms with E-state index in [2.05, 4.69) is 10.3 Å². The molecule has 0 unspecified atom stereocenters. The Balaban J connectivity index is 2.05. The summed E-state index contributed by atoms with van der Waals surface area (Å²) in [6.45, 7) is 2.66. The monoisotopic (exact) mass is 323 g/mol. The van der Waals surface area contributed by atoms with Gasteiger partial charge in [0.15, 0.2) is 5.13 Å². The number of thiazole rings is 1. The van der Waals surface area contributed by atoms with E-state index in [1.165, 1.54) is 16.2 Å². The van der Waals surface area contributed by atoms with Crippen molar-refractivity contribution < 1.29 is 4.79 Å². The Labute approximate surface area is 133 Å². The maximum absolute atomic E-state index is 12.2. The summed E-state index contributed by atoms with van der Waals surface area (Å²) in [6, 6.07) is 6.97. The highest BCUT2D eigenvalue weighted by atomic mass is 35.5. The van der Waals surface area contributed by atoms with E-state index in [1.807, 2.05) is 6.92 Å². The smallest absolute Gasteiger partial charge is 0.258 e. The van der Waals surface area contributed by atoms with Gasteiger partial charge in [-0.05, 0) is 44.9 Å². The molecule has 0 radical (unpaired) electrons. The van der Waals surface area contributed by atoms with Crippen molar-refractivity contribution >= 4 is 34.0 Å². The molecule has 3 N–H and O–H groups in total. The Hall–Kier alpha value is -1.43. The van der Waals surface area contributed by atoms with E-state index < -0.39 is 0 Å². The van der Waals surface area contributed by atoms with Crippen molar-refractivity contribution in [2.75, 3.05) is 11.9 Å². The molecule has 4 nitrogen and oxygen atoms in total. The van der Waals surface area contributed by atoms with Gasteiger partial charge < -0.3 is 5.73 Å². The Morgan fingerprint density at radius 3 is 2.86 bits per heavy atom. The second-order valence-corrected chi connectivity index (χ2v) is 6.20. The number of carbonyl (C=O) groups excluding carboxylic acids is 1. The zero-order chi connectivity index (χ0) is 15.2. The van der Waals surface area contributed by atoms with Crippen molar-refractivity contribution in [2.24, 2.45) is 5.73 Å². The molecule has 0 spiro atoms. The van der Waals surface area contributed by atoms with Gasteiger partial charge in [-0.2, -0.15) is 0 Å². The third-order valence-corrected chi connectivity index (χ3v) is 4.55. The molecule has 0 fully saturated rings. The fourth-order valence-corrected chi connectivity index (χ4v) is 3.17. The summed E-state index contributed by atoms with van der Waals surface area (Å²) in [4.78, 5) is 17.8. The number of amides is 1. The maximum atomic E-state index is 12.2. The molecule has 21 heavy (non-hydrogen) atoms. The van der Waals surface area contributed by atoms with Crippen LogP contribution in [0.1, 0.15) is 33.8 Å². The predicted octanol–water partition coefficient (Wildman–Crippen LogP) is 3.64. The van der Waals surface area contributed by atoms with Crippen molar-refractivity contribution in [3.05, 3.63) is 45.4 Å². The first kappa shape index (κ1) is 15.9.